The Bertz CT molecular complexity index is 1170. The molecule has 0 saturated carbocycles. The van der Waals surface area contributed by atoms with Crippen LogP contribution in [-0.2, 0) is 10.0 Å². The summed E-state index contributed by atoms with van der Waals surface area (Å²) in [7, 11) is -3.90. The minimum Gasteiger partial charge on any atom is -0.490 e. The van der Waals surface area contributed by atoms with Gasteiger partial charge in [-0.1, -0.05) is 23.2 Å². The number of halogens is 2. The van der Waals surface area contributed by atoms with Gasteiger partial charge in [-0.05, 0) is 66.7 Å². The lowest BCUT2D eigenvalue weighted by molar-refractivity contribution is 0.0697. The van der Waals surface area contributed by atoms with Gasteiger partial charge in [0.1, 0.15) is 29.6 Å². The molecule has 0 fully saturated rings. The summed E-state index contributed by atoms with van der Waals surface area (Å²) in [5.41, 5.74) is 0.509. The number of hydrogen-bond donors (Lipinski definition) is 2. The Morgan fingerprint density at radius 2 is 1.42 bits per heavy atom. The van der Waals surface area contributed by atoms with Crippen molar-refractivity contribution in [3.05, 3.63) is 82.3 Å². The molecule has 31 heavy (non-hydrogen) atoms. The van der Waals surface area contributed by atoms with Crippen LogP contribution in [0.5, 0.6) is 11.5 Å². The van der Waals surface area contributed by atoms with Gasteiger partial charge in [-0.25, -0.2) is 13.2 Å². The maximum Gasteiger partial charge on any atom is 0.335 e. The van der Waals surface area contributed by atoms with Crippen molar-refractivity contribution in [2.24, 2.45) is 0 Å². The molecule has 0 aliphatic rings. The molecule has 0 aliphatic carbocycles. The molecule has 7 nitrogen and oxygen atoms in total. The number of sulfonamides is 1. The van der Waals surface area contributed by atoms with E-state index >= 15 is 0 Å². The van der Waals surface area contributed by atoms with E-state index in [4.69, 9.17) is 37.8 Å². The summed E-state index contributed by atoms with van der Waals surface area (Å²) in [5, 5.41) is 9.19. The maximum absolute atomic E-state index is 12.5. The first-order chi connectivity index (χ1) is 14.7. The third kappa shape index (κ3) is 6.27. The van der Waals surface area contributed by atoms with Crippen LogP contribution in [0.25, 0.3) is 0 Å². The van der Waals surface area contributed by atoms with Gasteiger partial charge in [0, 0.05) is 10.7 Å². The maximum atomic E-state index is 12.5. The molecule has 0 radical (unpaired) electrons. The monoisotopic (exact) mass is 481 g/mol. The Morgan fingerprint density at radius 1 is 0.871 bits per heavy atom. The lowest BCUT2D eigenvalue weighted by Crippen LogP contribution is -2.13. The van der Waals surface area contributed by atoms with Crippen molar-refractivity contribution in [1.29, 1.82) is 0 Å². The first kappa shape index (κ1) is 22.7. The van der Waals surface area contributed by atoms with Crippen LogP contribution in [0.15, 0.2) is 71.6 Å². The van der Waals surface area contributed by atoms with Crippen LogP contribution in [-0.4, -0.2) is 32.7 Å². The Labute approximate surface area is 189 Å². The normalized spacial score (nSPS) is 11.0. The lowest BCUT2D eigenvalue weighted by atomic mass is 10.2. The summed E-state index contributed by atoms with van der Waals surface area (Å²) in [4.78, 5) is 10.7. The predicted octanol–water partition coefficient (Wildman–Crippen LogP) is 4.95. The number of anilines is 1. The van der Waals surface area contributed by atoms with Crippen LogP contribution in [0, 0.1) is 0 Å². The minimum absolute atomic E-state index is 0.0643. The van der Waals surface area contributed by atoms with E-state index in [2.05, 4.69) is 4.72 Å². The van der Waals surface area contributed by atoms with Gasteiger partial charge in [-0.15, -0.1) is 0 Å². The number of hydrogen-bond acceptors (Lipinski definition) is 5. The lowest BCUT2D eigenvalue weighted by Gasteiger charge is -2.11. The van der Waals surface area contributed by atoms with Crippen molar-refractivity contribution in [2.45, 2.75) is 4.90 Å². The SMILES string of the molecule is O=C(O)c1ccc(OCCOc2ccc(NS(=O)(=O)c3cc(Cl)ccc3Cl)cc2)cc1. The fraction of sp³-hybridized carbons (Fsp3) is 0.0952. The Balaban J connectivity index is 1.52. The van der Waals surface area contributed by atoms with E-state index in [1.54, 1.807) is 36.4 Å². The van der Waals surface area contributed by atoms with Crippen LogP contribution in [0.2, 0.25) is 10.0 Å². The van der Waals surface area contributed by atoms with Crippen molar-refractivity contribution >= 4 is 44.9 Å². The highest BCUT2D eigenvalue weighted by molar-refractivity contribution is 7.92. The molecule has 3 aromatic carbocycles. The number of carbonyl (C=O) groups is 1. The summed E-state index contributed by atoms with van der Waals surface area (Å²) in [6, 6.07) is 16.6. The standard InChI is InChI=1S/C21H17Cl2NO6S/c22-15-3-10-19(23)20(13-15)31(27,28)24-16-4-8-18(9-5-16)30-12-11-29-17-6-1-14(2-7-17)21(25)26/h1-10,13,24H,11-12H2,(H,25,26). The summed E-state index contributed by atoms with van der Waals surface area (Å²) >= 11 is 11.8. The van der Waals surface area contributed by atoms with E-state index in [0.717, 1.165) is 0 Å². The quantitative estimate of drug-likeness (QED) is 0.419. The molecule has 0 bridgehead atoms. The second-order valence-corrected chi connectivity index (χ2v) is 8.73. The summed E-state index contributed by atoms with van der Waals surface area (Å²) in [5.74, 6) is 0.0443. The number of aromatic carboxylic acids is 1. The van der Waals surface area contributed by atoms with Gasteiger partial charge in [-0.3, -0.25) is 4.72 Å². The molecule has 0 aliphatic heterocycles. The number of rotatable bonds is 9. The zero-order chi connectivity index (χ0) is 22.4. The first-order valence-corrected chi connectivity index (χ1v) is 11.2. The Morgan fingerprint density at radius 3 is 1.97 bits per heavy atom. The molecule has 3 rings (SSSR count). The first-order valence-electron chi connectivity index (χ1n) is 8.91. The number of benzene rings is 3. The van der Waals surface area contributed by atoms with Crippen molar-refractivity contribution in [3.8, 4) is 11.5 Å². The smallest absolute Gasteiger partial charge is 0.335 e. The molecular formula is C21H17Cl2NO6S. The number of ether oxygens (including phenoxy) is 2. The zero-order valence-corrected chi connectivity index (χ0v) is 18.2. The van der Waals surface area contributed by atoms with Crippen molar-refractivity contribution in [1.82, 2.24) is 0 Å². The van der Waals surface area contributed by atoms with E-state index in [1.807, 2.05) is 0 Å². The second kappa shape index (κ2) is 9.91. The molecule has 10 heteroatoms. The molecule has 2 N–H and O–H groups in total. The molecule has 0 atom stereocenters. The summed E-state index contributed by atoms with van der Waals surface area (Å²) in [6.07, 6.45) is 0. The third-order valence-corrected chi connectivity index (χ3v) is 6.11. The van der Waals surface area contributed by atoms with Crippen molar-refractivity contribution < 1.29 is 27.8 Å². The highest BCUT2D eigenvalue weighted by Gasteiger charge is 2.18. The molecule has 0 heterocycles. The van der Waals surface area contributed by atoms with Gasteiger partial charge in [0.15, 0.2) is 0 Å². The topological polar surface area (TPSA) is 102 Å². The van der Waals surface area contributed by atoms with Gasteiger partial charge in [-0.2, -0.15) is 0 Å². The van der Waals surface area contributed by atoms with Gasteiger partial charge in [0.05, 0.1) is 10.6 Å². The molecular weight excluding hydrogens is 465 g/mol. The molecule has 0 unspecified atom stereocenters. The van der Waals surface area contributed by atoms with Gasteiger partial charge in [0.25, 0.3) is 10.0 Å². The summed E-state index contributed by atoms with van der Waals surface area (Å²) in [6.45, 7) is 0.484. The molecule has 0 aromatic heterocycles. The number of carboxylic acids is 1. The largest absolute Gasteiger partial charge is 0.490 e. The van der Waals surface area contributed by atoms with E-state index < -0.39 is 16.0 Å². The van der Waals surface area contributed by atoms with Crippen molar-refractivity contribution in [3.63, 3.8) is 0 Å². The van der Waals surface area contributed by atoms with E-state index in [-0.39, 0.29) is 33.7 Å². The van der Waals surface area contributed by atoms with Crippen LogP contribution >= 0.6 is 23.2 Å². The van der Waals surface area contributed by atoms with Crippen LogP contribution in [0.3, 0.4) is 0 Å². The average molecular weight is 482 g/mol. The van der Waals surface area contributed by atoms with Crippen LogP contribution < -0.4 is 14.2 Å². The summed E-state index contributed by atoms with van der Waals surface area (Å²) < 4.78 is 38.5. The molecule has 0 spiro atoms. The van der Waals surface area contributed by atoms with Gasteiger partial charge < -0.3 is 14.6 Å². The van der Waals surface area contributed by atoms with E-state index in [0.29, 0.717) is 17.2 Å². The predicted molar refractivity (Wildman–Crippen MR) is 118 cm³/mol. The Hall–Kier alpha value is -2.94. The fourth-order valence-corrected chi connectivity index (χ4v) is 4.35. The fourth-order valence-electron chi connectivity index (χ4n) is 2.53. The average Bonchev–Trinajstić information content (AvgIpc) is 2.74. The molecule has 3 aromatic rings. The van der Waals surface area contributed by atoms with Crippen LogP contribution in [0.1, 0.15) is 10.4 Å². The van der Waals surface area contributed by atoms with E-state index in [1.165, 1.54) is 30.3 Å². The number of nitrogens with one attached hydrogen (secondary N) is 1. The molecule has 0 amide bonds. The highest BCUT2D eigenvalue weighted by atomic mass is 35.5. The highest BCUT2D eigenvalue weighted by Crippen LogP contribution is 2.27. The minimum atomic E-state index is -3.90. The third-order valence-electron chi connectivity index (χ3n) is 4.01. The zero-order valence-electron chi connectivity index (χ0n) is 15.9. The van der Waals surface area contributed by atoms with Crippen LogP contribution in [0.4, 0.5) is 5.69 Å². The van der Waals surface area contributed by atoms with E-state index in [9.17, 15) is 13.2 Å². The number of carboxylic acid groups (broad SMARTS) is 1. The molecule has 162 valence electrons. The van der Waals surface area contributed by atoms with Gasteiger partial charge in [0.2, 0.25) is 0 Å². The Kier molecular flexibility index (Phi) is 7.27. The van der Waals surface area contributed by atoms with Gasteiger partial charge >= 0.3 is 5.97 Å². The second-order valence-electron chi connectivity index (χ2n) is 6.23. The van der Waals surface area contributed by atoms with Crippen molar-refractivity contribution in [2.75, 3.05) is 17.9 Å². The molecule has 0 saturated heterocycles.